The molecule has 0 aliphatic heterocycles. The molecule has 0 heterocycles. The summed E-state index contributed by atoms with van der Waals surface area (Å²) < 4.78 is 0. The molecule has 1 fully saturated rings. The first-order valence-electron chi connectivity index (χ1n) is 7.48. The Morgan fingerprint density at radius 1 is 1.18 bits per heavy atom. The summed E-state index contributed by atoms with van der Waals surface area (Å²) in [6.07, 6.45) is 2.63. The fraction of sp³-hybridized carbons (Fsp3) is 0.500. The topological polar surface area (TPSA) is 89.9 Å². The largest absolute Gasteiger partial charge is 0.508 e. The van der Waals surface area contributed by atoms with Crippen LogP contribution in [-0.2, 0) is 11.3 Å². The number of nitrogens with zero attached hydrogens (tertiary/aromatic N) is 1. The van der Waals surface area contributed by atoms with Crippen molar-refractivity contribution in [2.24, 2.45) is 5.92 Å². The van der Waals surface area contributed by atoms with E-state index in [9.17, 15) is 14.7 Å². The van der Waals surface area contributed by atoms with E-state index < -0.39 is 5.97 Å². The Bertz CT molecular complexity index is 521. The minimum atomic E-state index is -0.741. The molecule has 0 atom stereocenters. The first-order chi connectivity index (χ1) is 10.5. The number of carboxylic acids is 1. The minimum absolute atomic E-state index is 0.0466. The summed E-state index contributed by atoms with van der Waals surface area (Å²) in [5.74, 6) is -0.817. The van der Waals surface area contributed by atoms with Gasteiger partial charge in [-0.05, 0) is 43.4 Å². The maximum absolute atomic E-state index is 12.1. The predicted octanol–water partition coefficient (Wildman–Crippen LogP) is 2.18. The highest BCUT2D eigenvalue weighted by atomic mass is 16.4. The number of carbonyl (C=O) groups excluding carboxylic acids is 1. The van der Waals surface area contributed by atoms with Gasteiger partial charge in [0.25, 0.3) is 0 Å². The van der Waals surface area contributed by atoms with E-state index in [-0.39, 0.29) is 23.7 Å². The fourth-order valence-corrected chi connectivity index (χ4v) is 2.72. The van der Waals surface area contributed by atoms with E-state index in [1.54, 1.807) is 36.2 Å². The summed E-state index contributed by atoms with van der Waals surface area (Å²) in [7, 11) is 1.71. The maximum atomic E-state index is 12.1. The monoisotopic (exact) mass is 306 g/mol. The standard InChI is InChI=1S/C16H22N2O4/c1-18(10-11-2-8-14(19)9-3-11)16(22)17-13-6-4-12(5-7-13)15(20)21/h2-3,8-9,12-13,19H,4-7,10H2,1H3,(H,17,22)(H,20,21). The number of hydrogen-bond acceptors (Lipinski definition) is 3. The van der Waals surface area contributed by atoms with Gasteiger partial charge in [-0.25, -0.2) is 4.79 Å². The van der Waals surface area contributed by atoms with Crippen molar-refractivity contribution in [2.45, 2.75) is 38.3 Å². The van der Waals surface area contributed by atoms with Gasteiger partial charge in [0.05, 0.1) is 5.92 Å². The van der Waals surface area contributed by atoms with Crippen molar-refractivity contribution >= 4 is 12.0 Å². The molecule has 120 valence electrons. The van der Waals surface area contributed by atoms with E-state index in [0.717, 1.165) is 5.56 Å². The number of aliphatic carboxylic acids is 1. The van der Waals surface area contributed by atoms with Gasteiger partial charge in [-0.2, -0.15) is 0 Å². The molecule has 0 unspecified atom stereocenters. The van der Waals surface area contributed by atoms with Crippen LogP contribution >= 0.6 is 0 Å². The van der Waals surface area contributed by atoms with Crippen LogP contribution in [0.5, 0.6) is 5.75 Å². The SMILES string of the molecule is CN(Cc1ccc(O)cc1)C(=O)NC1CCC(C(=O)O)CC1. The highest BCUT2D eigenvalue weighted by Crippen LogP contribution is 2.24. The molecule has 6 heteroatoms. The number of amides is 2. The average Bonchev–Trinajstić information content (AvgIpc) is 2.50. The molecule has 0 saturated heterocycles. The number of carboxylic acid groups (broad SMARTS) is 1. The number of nitrogens with one attached hydrogen (secondary N) is 1. The summed E-state index contributed by atoms with van der Waals surface area (Å²) in [4.78, 5) is 24.6. The van der Waals surface area contributed by atoms with Crippen LogP contribution in [0.4, 0.5) is 4.79 Å². The van der Waals surface area contributed by atoms with Gasteiger partial charge < -0.3 is 20.4 Å². The van der Waals surface area contributed by atoms with Crippen LogP contribution in [0, 0.1) is 5.92 Å². The van der Waals surface area contributed by atoms with Crippen LogP contribution in [0.25, 0.3) is 0 Å². The molecule has 0 spiro atoms. The molecule has 0 bridgehead atoms. The third-order valence-corrected chi connectivity index (χ3v) is 4.11. The van der Waals surface area contributed by atoms with Crippen LogP contribution in [0.15, 0.2) is 24.3 Å². The molecular formula is C16H22N2O4. The van der Waals surface area contributed by atoms with Crippen molar-refractivity contribution in [1.29, 1.82) is 0 Å². The van der Waals surface area contributed by atoms with E-state index in [0.29, 0.717) is 32.2 Å². The van der Waals surface area contributed by atoms with Gasteiger partial charge in [-0.15, -0.1) is 0 Å². The second-order valence-corrected chi connectivity index (χ2v) is 5.86. The van der Waals surface area contributed by atoms with E-state index in [1.165, 1.54) is 0 Å². The van der Waals surface area contributed by atoms with Crippen LogP contribution < -0.4 is 5.32 Å². The summed E-state index contributed by atoms with van der Waals surface area (Å²) in [6.45, 7) is 0.455. The van der Waals surface area contributed by atoms with Crippen molar-refractivity contribution in [3.8, 4) is 5.75 Å². The lowest BCUT2D eigenvalue weighted by atomic mass is 9.86. The number of urea groups is 1. The van der Waals surface area contributed by atoms with Gasteiger partial charge >= 0.3 is 12.0 Å². The molecule has 2 rings (SSSR count). The third kappa shape index (κ3) is 4.38. The van der Waals surface area contributed by atoms with E-state index in [2.05, 4.69) is 5.32 Å². The van der Waals surface area contributed by atoms with E-state index in [4.69, 9.17) is 5.11 Å². The number of aromatic hydroxyl groups is 1. The number of rotatable bonds is 4. The second-order valence-electron chi connectivity index (χ2n) is 5.86. The zero-order chi connectivity index (χ0) is 16.1. The van der Waals surface area contributed by atoms with Crippen LogP contribution in [-0.4, -0.2) is 40.2 Å². The van der Waals surface area contributed by atoms with Crippen LogP contribution in [0.2, 0.25) is 0 Å². The van der Waals surface area contributed by atoms with Crippen molar-refractivity contribution in [3.05, 3.63) is 29.8 Å². The van der Waals surface area contributed by atoms with Gasteiger partial charge in [-0.1, -0.05) is 12.1 Å². The van der Waals surface area contributed by atoms with Gasteiger partial charge in [0.2, 0.25) is 0 Å². The van der Waals surface area contributed by atoms with E-state index >= 15 is 0 Å². The fourth-order valence-electron chi connectivity index (χ4n) is 2.72. The number of benzene rings is 1. The van der Waals surface area contributed by atoms with Gasteiger partial charge in [0, 0.05) is 19.6 Å². The average molecular weight is 306 g/mol. The summed E-state index contributed by atoms with van der Waals surface area (Å²) in [5.41, 5.74) is 0.935. The zero-order valence-corrected chi connectivity index (χ0v) is 12.7. The van der Waals surface area contributed by atoms with Crippen LogP contribution in [0.1, 0.15) is 31.2 Å². The molecule has 22 heavy (non-hydrogen) atoms. The molecule has 0 radical (unpaired) electrons. The molecule has 0 aromatic heterocycles. The Hall–Kier alpha value is -2.24. The maximum Gasteiger partial charge on any atom is 0.317 e. The summed E-state index contributed by atoms with van der Waals surface area (Å²) in [5, 5.41) is 21.2. The predicted molar refractivity (Wildman–Crippen MR) is 81.5 cm³/mol. The number of phenols is 1. The Balaban J connectivity index is 1.79. The smallest absolute Gasteiger partial charge is 0.317 e. The highest BCUT2D eigenvalue weighted by Gasteiger charge is 2.27. The molecule has 1 aromatic rings. The summed E-state index contributed by atoms with van der Waals surface area (Å²) >= 11 is 0. The zero-order valence-electron chi connectivity index (χ0n) is 12.7. The lowest BCUT2D eigenvalue weighted by Crippen LogP contribution is -2.44. The minimum Gasteiger partial charge on any atom is -0.508 e. The first kappa shape index (κ1) is 16.1. The van der Waals surface area contributed by atoms with Crippen LogP contribution in [0.3, 0.4) is 0 Å². The molecule has 3 N–H and O–H groups in total. The van der Waals surface area contributed by atoms with Gasteiger partial charge in [-0.3, -0.25) is 4.79 Å². The lowest BCUT2D eigenvalue weighted by Gasteiger charge is -2.28. The Morgan fingerprint density at radius 2 is 1.77 bits per heavy atom. The number of phenolic OH excluding ortho intramolecular Hbond substituents is 1. The second kappa shape index (κ2) is 7.15. The Morgan fingerprint density at radius 3 is 2.32 bits per heavy atom. The summed E-state index contributed by atoms with van der Waals surface area (Å²) in [6, 6.07) is 6.62. The molecule has 6 nitrogen and oxygen atoms in total. The third-order valence-electron chi connectivity index (χ3n) is 4.11. The quantitative estimate of drug-likeness (QED) is 0.795. The number of hydrogen-bond donors (Lipinski definition) is 3. The lowest BCUT2D eigenvalue weighted by molar-refractivity contribution is -0.142. The van der Waals surface area contributed by atoms with Gasteiger partial charge in [0.1, 0.15) is 5.75 Å². The van der Waals surface area contributed by atoms with Crippen molar-refractivity contribution in [3.63, 3.8) is 0 Å². The Labute approximate surface area is 129 Å². The number of carbonyl (C=O) groups is 2. The molecule has 1 aliphatic carbocycles. The first-order valence-corrected chi connectivity index (χ1v) is 7.48. The molecule has 1 saturated carbocycles. The van der Waals surface area contributed by atoms with Crippen molar-refractivity contribution in [1.82, 2.24) is 10.2 Å². The van der Waals surface area contributed by atoms with Crippen molar-refractivity contribution in [2.75, 3.05) is 7.05 Å². The van der Waals surface area contributed by atoms with Crippen molar-refractivity contribution < 1.29 is 19.8 Å². The highest BCUT2D eigenvalue weighted by molar-refractivity contribution is 5.74. The molecule has 1 aliphatic rings. The van der Waals surface area contributed by atoms with E-state index in [1.807, 2.05) is 0 Å². The Kier molecular flexibility index (Phi) is 5.25. The molecule has 1 aromatic carbocycles. The normalized spacial score (nSPS) is 21.1. The molecule has 2 amide bonds. The molecular weight excluding hydrogens is 284 g/mol. The van der Waals surface area contributed by atoms with Gasteiger partial charge in [0.15, 0.2) is 0 Å².